The number of methoxy groups -OCH3 is 1. The Morgan fingerprint density at radius 2 is 1.84 bits per heavy atom. The largest absolute Gasteiger partial charge is 0.457 e. The molecule has 12 heteroatoms. The van der Waals surface area contributed by atoms with Gasteiger partial charge in [0.25, 0.3) is 0 Å². The summed E-state index contributed by atoms with van der Waals surface area (Å²) < 4.78 is 16.3. The number of rotatable bonds is 16. The Morgan fingerprint density at radius 3 is 2.43 bits per heavy atom. The lowest BCUT2D eigenvalue weighted by atomic mass is 9.65. The van der Waals surface area contributed by atoms with Gasteiger partial charge in [-0.3, -0.25) is 9.59 Å². The number of nitrogens with one attached hydrogen (secondary N) is 1. The van der Waals surface area contributed by atoms with Crippen molar-refractivity contribution >= 4 is 17.8 Å². The smallest absolute Gasteiger partial charge is 0.339 e. The first kappa shape index (κ1) is 39.6. The van der Waals surface area contributed by atoms with Crippen LogP contribution in [0.3, 0.4) is 0 Å². The second kappa shape index (κ2) is 16.2. The molecule has 49 heavy (non-hydrogen) atoms. The summed E-state index contributed by atoms with van der Waals surface area (Å²) in [7, 11) is 2.89. The van der Waals surface area contributed by atoms with E-state index in [4.69, 9.17) is 13.9 Å². The zero-order chi connectivity index (χ0) is 36.7. The summed E-state index contributed by atoms with van der Waals surface area (Å²) in [6.45, 7) is 12.1. The van der Waals surface area contributed by atoms with Crippen LogP contribution in [0.4, 0.5) is 0 Å². The van der Waals surface area contributed by atoms with Gasteiger partial charge < -0.3 is 39.4 Å². The van der Waals surface area contributed by atoms with Gasteiger partial charge in [0.1, 0.15) is 17.5 Å². The van der Waals surface area contributed by atoms with Crippen molar-refractivity contribution in [2.45, 2.75) is 96.9 Å². The van der Waals surface area contributed by atoms with E-state index < -0.39 is 58.8 Å². The Hall–Kier alpha value is -3.84. The quantitative estimate of drug-likeness (QED) is 0.150. The molecule has 0 saturated carbocycles. The minimum atomic E-state index is -1.86. The number of likely N-dealkylation sites (tertiary alicyclic amines) is 1. The van der Waals surface area contributed by atoms with E-state index in [1.165, 1.54) is 19.1 Å². The Balaban J connectivity index is 1.49. The van der Waals surface area contributed by atoms with Crippen LogP contribution in [0.5, 0.6) is 0 Å². The number of oxazole rings is 1. The SMILES string of the molecule is CO[C@H](C[C@H](C)[C@@H](O)/C=C/C=C/CNC(=O)C(C)(C)[C@@H](O)\C(C)=C/C=C\C=C\Cc1cnc(C)o1)[C@]1(O)[C@H](C)C(=O)N(C)[C@@]12C(=O)O[C@H]2C. The molecule has 2 aliphatic heterocycles. The average molecular weight is 684 g/mol. The lowest BCUT2D eigenvalue weighted by Crippen LogP contribution is -2.80. The summed E-state index contributed by atoms with van der Waals surface area (Å²) in [5.41, 5.74) is -3.88. The highest BCUT2D eigenvalue weighted by molar-refractivity contribution is 5.99. The van der Waals surface area contributed by atoms with Gasteiger partial charge in [-0.05, 0) is 45.6 Å². The highest BCUT2D eigenvalue weighted by Crippen LogP contribution is 2.54. The number of allylic oxidation sites excluding steroid dienone is 7. The molecule has 3 heterocycles. The number of likely N-dealkylation sites (N-methyl/N-ethyl adjacent to an activating group) is 1. The number of esters is 1. The predicted octanol–water partition coefficient (Wildman–Crippen LogP) is 3.13. The van der Waals surface area contributed by atoms with Crippen LogP contribution in [0.15, 0.2) is 70.9 Å². The van der Waals surface area contributed by atoms with Crippen molar-refractivity contribution in [3.8, 4) is 0 Å². The summed E-state index contributed by atoms with van der Waals surface area (Å²) in [6.07, 6.45) is 14.7. The molecule has 1 spiro atoms. The maximum atomic E-state index is 12.9. The first-order valence-electron chi connectivity index (χ1n) is 16.6. The molecule has 2 aliphatic rings. The molecule has 0 radical (unpaired) electrons. The molecule has 8 atom stereocenters. The monoisotopic (exact) mass is 683 g/mol. The van der Waals surface area contributed by atoms with Crippen molar-refractivity contribution in [2.24, 2.45) is 17.3 Å². The number of aromatic nitrogens is 1. The highest BCUT2D eigenvalue weighted by atomic mass is 16.6. The minimum absolute atomic E-state index is 0.159. The van der Waals surface area contributed by atoms with E-state index in [0.717, 1.165) is 5.76 Å². The molecule has 2 amide bonds. The number of aryl methyl sites for hydroxylation is 1. The molecular formula is C37H53N3O9. The Morgan fingerprint density at radius 1 is 1.16 bits per heavy atom. The van der Waals surface area contributed by atoms with Crippen molar-refractivity contribution in [3.63, 3.8) is 0 Å². The van der Waals surface area contributed by atoms with E-state index >= 15 is 0 Å². The van der Waals surface area contributed by atoms with Crippen molar-refractivity contribution in [1.82, 2.24) is 15.2 Å². The number of hydrogen-bond acceptors (Lipinski definition) is 10. The molecule has 270 valence electrons. The normalized spacial score (nSPS) is 27.4. The van der Waals surface area contributed by atoms with Crippen LogP contribution in [0.2, 0.25) is 0 Å². The molecule has 12 nitrogen and oxygen atoms in total. The summed E-state index contributed by atoms with van der Waals surface area (Å²) in [6, 6.07) is 0. The van der Waals surface area contributed by atoms with Crippen LogP contribution in [0.25, 0.3) is 0 Å². The molecule has 3 rings (SSSR count). The van der Waals surface area contributed by atoms with E-state index in [-0.39, 0.29) is 24.8 Å². The first-order chi connectivity index (χ1) is 23.0. The number of carbonyl (C=O) groups is 3. The number of cyclic esters (lactones) is 1. The van der Waals surface area contributed by atoms with Crippen LogP contribution in [-0.2, 0) is 30.3 Å². The standard InChI is InChI=1S/C37H53N3O9/c1-23(17-13-10-11-14-18-28-22-39-27(5)49-28)31(42)35(6,7)33(44)38-20-16-12-15-19-29(41)24(2)21-30(47-9)37(46)25(3)32(43)40(8)36(37)26(4)48-34(36)45/h10-17,19,22,24-26,29-31,41-42,46H,18,20-21H2,1-9H3,(H,38,44)/b13-10-,14-11+,16-12+,19-15+,23-17-/t24-,25+,26-,29-,30+,31-,36-,37+/m0/s1. The number of aliphatic hydroxyl groups excluding tert-OH is 2. The lowest BCUT2D eigenvalue weighted by Gasteiger charge is -2.55. The molecule has 0 aliphatic carbocycles. The van der Waals surface area contributed by atoms with Crippen LogP contribution in [0.1, 0.15) is 59.6 Å². The maximum absolute atomic E-state index is 12.9. The first-order valence-corrected chi connectivity index (χ1v) is 16.6. The molecule has 2 saturated heterocycles. The second-order valence-electron chi connectivity index (χ2n) is 13.6. The number of carbonyl (C=O) groups excluding carboxylic acids is 3. The Kier molecular flexibility index (Phi) is 13.1. The van der Waals surface area contributed by atoms with Crippen LogP contribution in [0, 0.1) is 24.2 Å². The number of aliphatic hydroxyl groups is 3. The van der Waals surface area contributed by atoms with Crippen LogP contribution < -0.4 is 5.32 Å². The number of nitrogens with zero attached hydrogens (tertiary/aromatic N) is 2. The summed E-state index contributed by atoms with van der Waals surface area (Å²) >= 11 is 0. The van der Waals surface area contributed by atoms with E-state index in [9.17, 15) is 29.7 Å². The average Bonchev–Trinajstić information content (AvgIpc) is 3.55. The maximum Gasteiger partial charge on any atom is 0.339 e. The highest BCUT2D eigenvalue weighted by Gasteiger charge is 2.80. The van der Waals surface area contributed by atoms with Gasteiger partial charge in [-0.15, -0.1) is 0 Å². The third kappa shape index (κ3) is 7.82. The zero-order valence-electron chi connectivity index (χ0n) is 30.0. The summed E-state index contributed by atoms with van der Waals surface area (Å²) in [5.74, 6) is -1.31. The second-order valence-corrected chi connectivity index (χ2v) is 13.6. The van der Waals surface area contributed by atoms with Gasteiger partial charge in [0.05, 0.1) is 35.8 Å². The number of hydrogen-bond donors (Lipinski definition) is 4. The number of amides is 2. The Bertz CT molecular complexity index is 1490. The van der Waals surface area contributed by atoms with Crippen molar-refractivity contribution in [3.05, 3.63) is 78.1 Å². The molecule has 0 aromatic carbocycles. The van der Waals surface area contributed by atoms with E-state index in [1.54, 1.807) is 91.1 Å². The predicted molar refractivity (Wildman–Crippen MR) is 184 cm³/mol. The minimum Gasteiger partial charge on any atom is -0.457 e. The van der Waals surface area contributed by atoms with Gasteiger partial charge in [-0.1, -0.05) is 68.5 Å². The number of ether oxygens (including phenoxy) is 2. The molecule has 0 unspecified atom stereocenters. The fourth-order valence-electron chi connectivity index (χ4n) is 6.76. The molecular weight excluding hydrogens is 630 g/mol. The van der Waals surface area contributed by atoms with Crippen LogP contribution in [-0.4, -0.2) is 99.2 Å². The zero-order valence-corrected chi connectivity index (χ0v) is 30.0. The van der Waals surface area contributed by atoms with Crippen molar-refractivity contribution in [2.75, 3.05) is 20.7 Å². The molecule has 1 aromatic heterocycles. The lowest BCUT2D eigenvalue weighted by molar-refractivity contribution is -0.255. The van der Waals surface area contributed by atoms with Crippen molar-refractivity contribution in [1.29, 1.82) is 0 Å². The fourth-order valence-corrected chi connectivity index (χ4v) is 6.76. The van der Waals surface area contributed by atoms with E-state index in [1.807, 2.05) is 18.2 Å². The van der Waals surface area contributed by atoms with Gasteiger partial charge >= 0.3 is 5.97 Å². The van der Waals surface area contributed by atoms with Crippen molar-refractivity contribution < 1.29 is 43.6 Å². The van der Waals surface area contributed by atoms with Gasteiger partial charge in [0.15, 0.2) is 5.89 Å². The van der Waals surface area contributed by atoms with Gasteiger partial charge in [-0.2, -0.15) is 0 Å². The Labute approximate surface area is 289 Å². The topological polar surface area (TPSA) is 172 Å². The molecule has 4 N–H and O–H groups in total. The summed E-state index contributed by atoms with van der Waals surface area (Å²) in [4.78, 5) is 43.9. The van der Waals surface area contributed by atoms with Gasteiger partial charge in [0, 0.05) is 34.0 Å². The van der Waals surface area contributed by atoms with E-state index in [2.05, 4.69) is 10.3 Å². The van der Waals surface area contributed by atoms with E-state index in [0.29, 0.717) is 17.9 Å². The molecule has 1 aromatic rings. The van der Waals surface area contributed by atoms with Crippen LogP contribution >= 0.6 is 0 Å². The fraction of sp³-hybridized carbons (Fsp3) is 0.568. The third-order valence-corrected chi connectivity index (χ3v) is 9.97. The van der Waals surface area contributed by atoms with Gasteiger partial charge in [0.2, 0.25) is 17.4 Å². The molecule has 0 bridgehead atoms. The van der Waals surface area contributed by atoms with Gasteiger partial charge in [-0.25, -0.2) is 9.78 Å². The molecule has 2 fully saturated rings. The summed E-state index contributed by atoms with van der Waals surface area (Å²) in [5, 5.41) is 36.5. The third-order valence-electron chi connectivity index (χ3n) is 9.97.